The molecule has 1 aromatic carbocycles. The number of carbonyl (C=O) groups excluding carboxylic acids is 1. The smallest absolute Gasteiger partial charge is 0.154 e. The Morgan fingerprint density at radius 3 is 2.62 bits per heavy atom. The summed E-state index contributed by atoms with van der Waals surface area (Å²) in [6, 6.07) is 3.15. The van der Waals surface area contributed by atoms with Crippen molar-refractivity contribution in [1.29, 1.82) is 0 Å². The van der Waals surface area contributed by atoms with Gasteiger partial charge in [0.2, 0.25) is 0 Å². The highest BCUT2D eigenvalue weighted by atomic mass is 79.9. The molecule has 1 heterocycles. The van der Waals surface area contributed by atoms with Crippen LogP contribution in [0.2, 0.25) is 0 Å². The average molecular weight is 288 g/mol. The Hall–Kier alpha value is -0.940. The van der Waals surface area contributed by atoms with Crippen LogP contribution < -0.4 is 4.90 Å². The fourth-order valence-electron chi connectivity index (χ4n) is 1.69. The van der Waals surface area contributed by atoms with Crippen molar-refractivity contribution in [3.63, 3.8) is 0 Å². The van der Waals surface area contributed by atoms with Gasteiger partial charge in [0, 0.05) is 23.2 Å². The first-order chi connectivity index (χ1) is 7.72. The topological polar surface area (TPSA) is 29.5 Å². The fraction of sp³-hybridized carbons (Fsp3) is 0.364. The fourth-order valence-corrected chi connectivity index (χ4v) is 2.21. The molecule has 1 saturated heterocycles. The second-order valence-corrected chi connectivity index (χ2v) is 4.39. The molecule has 0 N–H and O–H groups in total. The van der Waals surface area contributed by atoms with Crippen molar-refractivity contribution in [2.75, 3.05) is 31.2 Å². The van der Waals surface area contributed by atoms with Gasteiger partial charge in [-0.1, -0.05) is 0 Å². The van der Waals surface area contributed by atoms with Crippen molar-refractivity contribution >= 4 is 27.9 Å². The second kappa shape index (κ2) is 4.93. The van der Waals surface area contributed by atoms with E-state index in [9.17, 15) is 9.18 Å². The number of benzene rings is 1. The van der Waals surface area contributed by atoms with Crippen molar-refractivity contribution in [1.82, 2.24) is 0 Å². The van der Waals surface area contributed by atoms with Crippen LogP contribution in [-0.4, -0.2) is 32.6 Å². The molecule has 0 aromatic heterocycles. The number of hydrogen-bond acceptors (Lipinski definition) is 3. The maximum absolute atomic E-state index is 13.5. The average Bonchev–Trinajstić information content (AvgIpc) is 2.30. The largest absolute Gasteiger partial charge is 0.378 e. The van der Waals surface area contributed by atoms with Crippen LogP contribution in [0.1, 0.15) is 10.4 Å². The van der Waals surface area contributed by atoms with Gasteiger partial charge < -0.3 is 9.64 Å². The Balaban J connectivity index is 2.31. The Morgan fingerprint density at radius 2 is 2.06 bits per heavy atom. The van der Waals surface area contributed by atoms with Gasteiger partial charge in [-0.15, -0.1) is 0 Å². The molecule has 1 aliphatic rings. The summed E-state index contributed by atoms with van der Waals surface area (Å²) in [5.74, 6) is -0.495. The van der Waals surface area contributed by atoms with E-state index < -0.39 is 5.82 Å². The number of aldehydes is 1. The maximum atomic E-state index is 13.5. The highest BCUT2D eigenvalue weighted by Crippen LogP contribution is 2.26. The van der Waals surface area contributed by atoms with Crippen LogP contribution in [0.15, 0.2) is 16.6 Å². The summed E-state index contributed by atoms with van der Waals surface area (Å²) >= 11 is 3.20. The van der Waals surface area contributed by atoms with Gasteiger partial charge in [-0.25, -0.2) is 4.39 Å². The molecule has 0 radical (unpaired) electrons. The Morgan fingerprint density at radius 1 is 1.38 bits per heavy atom. The molecule has 16 heavy (non-hydrogen) atoms. The first kappa shape index (κ1) is 11.5. The molecule has 86 valence electrons. The van der Waals surface area contributed by atoms with Crippen molar-refractivity contribution < 1.29 is 13.9 Å². The van der Waals surface area contributed by atoms with Crippen LogP contribution in [0.25, 0.3) is 0 Å². The summed E-state index contributed by atoms with van der Waals surface area (Å²) in [5, 5.41) is 0. The number of ether oxygens (including phenoxy) is 1. The molecule has 1 aliphatic heterocycles. The quantitative estimate of drug-likeness (QED) is 0.782. The third kappa shape index (κ3) is 2.25. The molecule has 0 bridgehead atoms. The van der Waals surface area contributed by atoms with Gasteiger partial charge in [0.15, 0.2) is 6.29 Å². The molecule has 1 fully saturated rings. The van der Waals surface area contributed by atoms with Crippen LogP contribution in [-0.2, 0) is 4.74 Å². The zero-order valence-electron chi connectivity index (χ0n) is 8.58. The molecule has 3 nitrogen and oxygen atoms in total. The van der Waals surface area contributed by atoms with Crippen LogP contribution in [0, 0.1) is 5.82 Å². The predicted octanol–water partition coefficient (Wildman–Crippen LogP) is 2.24. The number of nitrogens with zero attached hydrogens (tertiary/aromatic N) is 1. The summed E-state index contributed by atoms with van der Waals surface area (Å²) in [6.07, 6.45) is 0.516. The zero-order valence-corrected chi connectivity index (χ0v) is 10.2. The number of carbonyl (C=O) groups is 1. The lowest BCUT2D eigenvalue weighted by Crippen LogP contribution is -2.36. The van der Waals surface area contributed by atoms with E-state index in [0.29, 0.717) is 24.0 Å². The molecule has 0 aliphatic carbocycles. The van der Waals surface area contributed by atoms with Gasteiger partial charge in [-0.3, -0.25) is 4.79 Å². The Bertz CT molecular complexity index is 382. The van der Waals surface area contributed by atoms with E-state index in [4.69, 9.17) is 4.74 Å². The summed E-state index contributed by atoms with van der Waals surface area (Å²) in [6.45, 7) is 2.78. The normalized spacial score (nSPS) is 16.2. The van der Waals surface area contributed by atoms with E-state index in [1.807, 2.05) is 4.90 Å². The third-order valence-electron chi connectivity index (χ3n) is 2.56. The van der Waals surface area contributed by atoms with Crippen LogP contribution >= 0.6 is 15.9 Å². The van der Waals surface area contributed by atoms with Crippen LogP contribution in [0.3, 0.4) is 0 Å². The predicted molar refractivity (Wildman–Crippen MR) is 62.5 cm³/mol. The molecular formula is C11H11BrFNO2. The molecular weight excluding hydrogens is 277 g/mol. The lowest BCUT2D eigenvalue weighted by molar-refractivity contribution is 0.111. The second-order valence-electron chi connectivity index (χ2n) is 3.54. The molecule has 0 atom stereocenters. The SMILES string of the molecule is O=Cc1c(F)cc(N2CCOCC2)cc1Br. The van der Waals surface area contributed by atoms with Crippen LogP contribution in [0.4, 0.5) is 10.1 Å². The first-order valence-corrected chi connectivity index (χ1v) is 5.78. The Kier molecular flexibility index (Phi) is 3.56. The van der Waals surface area contributed by atoms with Crippen LogP contribution in [0.5, 0.6) is 0 Å². The minimum atomic E-state index is -0.495. The summed E-state index contributed by atoms with van der Waals surface area (Å²) < 4.78 is 19.3. The number of hydrogen-bond donors (Lipinski definition) is 0. The molecule has 0 saturated carbocycles. The summed E-state index contributed by atoms with van der Waals surface area (Å²) in [5.41, 5.74) is 0.843. The first-order valence-electron chi connectivity index (χ1n) is 4.99. The van der Waals surface area contributed by atoms with Gasteiger partial charge >= 0.3 is 0 Å². The number of morpholine rings is 1. The highest BCUT2D eigenvalue weighted by molar-refractivity contribution is 9.10. The lowest BCUT2D eigenvalue weighted by atomic mass is 10.2. The van der Waals surface area contributed by atoms with E-state index in [2.05, 4.69) is 15.9 Å². The van der Waals surface area contributed by atoms with E-state index in [0.717, 1.165) is 18.8 Å². The van der Waals surface area contributed by atoms with E-state index >= 15 is 0 Å². The van der Waals surface area contributed by atoms with E-state index in [1.165, 1.54) is 6.07 Å². The van der Waals surface area contributed by atoms with Crippen molar-refractivity contribution in [2.45, 2.75) is 0 Å². The highest BCUT2D eigenvalue weighted by Gasteiger charge is 2.15. The minimum absolute atomic E-state index is 0.0667. The molecule has 0 spiro atoms. The molecule has 5 heteroatoms. The van der Waals surface area contributed by atoms with Gasteiger partial charge in [0.1, 0.15) is 5.82 Å². The number of halogens is 2. The Labute approximate surface area is 101 Å². The number of rotatable bonds is 2. The molecule has 2 rings (SSSR count). The van der Waals surface area contributed by atoms with Crippen molar-refractivity contribution in [3.05, 3.63) is 28.0 Å². The molecule has 0 amide bonds. The van der Waals surface area contributed by atoms with Gasteiger partial charge in [0.25, 0.3) is 0 Å². The van der Waals surface area contributed by atoms with Gasteiger partial charge in [-0.2, -0.15) is 0 Å². The van der Waals surface area contributed by atoms with E-state index in [1.54, 1.807) is 6.07 Å². The molecule has 1 aromatic rings. The van der Waals surface area contributed by atoms with Gasteiger partial charge in [-0.05, 0) is 28.1 Å². The molecule has 0 unspecified atom stereocenters. The monoisotopic (exact) mass is 287 g/mol. The number of anilines is 1. The van der Waals surface area contributed by atoms with Crippen molar-refractivity contribution in [2.24, 2.45) is 0 Å². The maximum Gasteiger partial charge on any atom is 0.154 e. The standard InChI is InChI=1S/C11H11BrFNO2/c12-10-5-8(6-11(13)9(10)7-15)14-1-3-16-4-2-14/h5-7H,1-4H2. The minimum Gasteiger partial charge on any atom is -0.378 e. The lowest BCUT2D eigenvalue weighted by Gasteiger charge is -2.29. The van der Waals surface area contributed by atoms with Gasteiger partial charge in [0.05, 0.1) is 18.8 Å². The summed E-state index contributed by atoms with van der Waals surface area (Å²) in [7, 11) is 0. The third-order valence-corrected chi connectivity index (χ3v) is 3.21. The zero-order chi connectivity index (χ0) is 11.5. The van der Waals surface area contributed by atoms with Crippen molar-refractivity contribution in [3.8, 4) is 0 Å². The summed E-state index contributed by atoms with van der Waals surface area (Å²) in [4.78, 5) is 12.7. The van der Waals surface area contributed by atoms with E-state index in [-0.39, 0.29) is 5.56 Å².